The van der Waals surface area contributed by atoms with E-state index in [1.807, 2.05) is 0 Å². The van der Waals surface area contributed by atoms with Crippen molar-refractivity contribution in [3.63, 3.8) is 0 Å². The molecule has 32 heavy (non-hydrogen) atoms. The smallest absolute Gasteiger partial charge is 0.412 e. The van der Waals surface area contributed by atoms with Gasteiger partial charge in [0.1, 0.15) is 12.2 Å². The summed E-state index contributed by atoms with van der Waals surface area (Å²) < 4.78 is 12.5. The molecule has 2 rings (SSSR count). The number of anilines is 1. The first-order valence-electron chi connectivity index (χ1n) is 10.7. The summed E-state index contributed by atoms with van der Waals surface area (Å²) in [4.78, 5) is 30.6. The van der Waals surface area contributed by atoms with Crippen LogP contribution in [0.15, 0.2) is 18.3 Å². The molecule has 2 amide bonds. The van der Waals surface area contributed by atoms with Crippen molar-refractivity contribution in [2.24, 2.45) is 13.0 Å². The van der Waals surface area contributed by atoms with Crippen LogP contribution < -0.4 is 5.32 Å². The van der Waals surface area contributed by atoms with Crippen molar-refractivity contribution in [1.29, 1.82) is 0 Å². The predicted octanol–water partition coefficient (Wildman–Crippen LogP) is 4.75. The molecule has 9 nitrogen and oxygen atoms in total. The quantitative estimate of drug-likeness (QED) is 0.660. The van der Waals surface area contributed by atoms with E-state index in [0.29, 0.717) is 29.5 Å². The fraction of sp³-hybridized carbons (Fsp3) is 0.565. The van der Waals surface area contributed by atoms with Gasteiger partial charge in [0.2, 0.25) is 0 Å². The molecular formula is C23H35N5O4. The number of carbonyl (C=O) groups is 2. The van der Waals surface area contributed by atoms with Crippen LogP contribution in [0.5, 0.6) is 0 Å². The third-order valence-corrected chi connectivity index (χ3v) is 4.74. The molecule has 0 saturated carbocycles. The van der Waals surface area contributed by atoms with Gasteiger partial charge in [-0.1, -0.05) is 13.8 Å². The number of pyridine rings is 1. The van der Waals surface area contributed by atoms with Gasteiger partial charge in [-0.3, -0.25) is 15.0 Å². The molecule has 0 fully saturated rings. The Hall–Kier alpha value is -3.10. The number of hydrogen-bond acceptors (Lipinski definition) is 6. The van der Waals surface area contributed by atoms with Crippen molar-refractivity contribution in [1.82, 2.24) is 19.7 Å². The number of hydrogen-bond donors (Lipinski definition) is 1. The number of nitrogens with zero attached hydrogens (tertiary/aromatic N) is 4. The lowest BCUT2D eigenvalue weighted by Gasteiger charge is -2.20. The van der Waals surface area contributed by atoms with Crippen LogP contribution >= 0.6 is 0 Å². The van der Waals surface area contributed by atoms with Gasteiger partial charge >= 0.3 is 12.2 Å². The number of ether oxygens (including phenoxy) is 2. The monoisotopic (exact) mass is 445 g/mol. The van der Waals surface area contributed by atoms with Crippen molar-refractivity contribution < 1.29 is 19.1 Å². The van der Waals surface area contributed by atoms with E-state index in [0.717, 1.165) is 17.7 Å². The van der Waals surface area contributed by atoms with E-state index in [1.54, 1.807) is 69.7 Å². The number of rotatable bonds is 7. The first-order valence-corrected chi connectivity index (χ1v) is 10.7. The number of aryl methyl sites for hydroxylation is 2. The molecule has 0 aromatic carbocycles. The van der Waals surface area contributed by atoms with Gasteiger partial charge in [0.05, 0.1) is 29.0 Å². The zero-order valence-corrected chi connectivity index (χ0v) is 20.4. The lowest BCUT2D eigenvalue weighted by atomic mass is 10.1. The maximum Gasteiger partial charge on any atom is 0.412 e. The molecule has 9 heteroatoms. The summed E-state index contributed by atoms with van der Waals surface area (Å²) in [7, 11) is 3.52. The molecule has 0 radical (unpaired) electrons. The topological polar surface area (TPSA) is 98.6 Å². The van der Waals surface area contributed by atoms with E-state index in [2.05, 4.69) is 29.2 Å². The molecule has 0 aliphatic carbocycles. The molecular weight excluding hydrogens is 410 g/mol. The minimum atomic E-state index is -0.587. The molecule has 0 atom stereocenters. The predicted molar refractivity (Wildman–Crippen MR) is 123 cm³/mol. The largest absolute Gasteiger partial charge is 0.444 e. The van der Waals surface area contributed by atoms with E-state index in [9.17, 15) is 9.59 Å². The average Bonchev–Trinajstić information content (AvgIpc) is 3.04. The highest BCUT2D eigenvalue weighted by atomic mass is 16.6. The van der Waals surface area contributed by atoms with Gasteiger partial charge in [-0.15, -0.1) is 0 Å². The minimum absolute atomic E-state index is 0.0787. The maximum atomic E-state index is 12.3. The van der Waals surface area contributed by atoms with E-state index >= 15 is 0 Å². The molecule has 2 aromatic rings. The lowest BCUT2D eigenvalue weighted by molar-refractivity contribution is 0.0635. The Kier molecular flexibility index (Phi) is 8.24. The third kappa shape index (κ3) is 7.25. The summed E-state index contributed by atoms with van der Waals surface area (Å²) in [6.07, 6.45) is 1.69. The standard InChI is InChI=1S/C23H35N5O4/c1-15(2)11-12-27(7)22(30)31-14-20-17(13-24-28(20)8)19-10-9-18(16(3)25-19)26-21(29)32-23(4,5)6/h9-10,13,15H,11-12,14H2,1-8H3,(H,26,29). The van der Waals surface area contributed by atoms with Crippen LogP contribution in [0.1, 0.15) is 52.4 Å². The molecule has 0 unspecified atom stereocenters. The Morgan fingerprint density at radius 2 is 1.94 bits per heavy atom. The maximum absolute atomic E-state index is 12.3. The van der Waals surface area contributed by atoms with Crippen LogP contribution in [0.4, 0.5) is 15.3 Å². The van der Waals surface area contributed by atoms with Gasteiger partial charge in [0.15, 0.2) is 0 Å². The van der Waals surface area contributed by atoms with Gasteiger partial charge in [-0.25, -0.2) is 9.59 Å². The van der Waals surface area contributed by atoms with Gasteiger partial charge in [0.25, 0.3) is 0 Å². The number of carbonyl (C=O) groups excluding carboxylic acids is 2. The second kappa shape index (κ2) is 10.5. The highest BCUT2D eigenvalue weighted by molar-refractivity contribution is 5.86. The van der Waals surface area contributed by atoms with Crippen molar-refractivity contribution in [3.05, 3.63) is 29.7 Å². The molecule has 2 heterocycles. The summed E-state index contributed by atoms with van der Waals surface area (Å²) in [5.41, 5.74) is 2.77. The summed E-state index contributed by atoms with van der Waals surface area (Å²) in [6.45, 7) is 12.2. The van der Waals surface area contributed by atoms with Gasteiger partial charge in [-0.05, 0) is 52.2 Å². The first-order chi connectivity index (χ1) is 14.9. The lowest BCUT2D eigenvalue weighted by Crippen LogP contribution is -2.29. The Bertz CT molecular complexity index is 946. The highest BCUT2D eigenvalue weighted by Gasteiger charge is 2.19. The fourth-order valence-corrected chi connectivity index (χ4v) is 2.89. The molecule has 0 aliphatic heterocycles. The zero-order chi connectivity index (χ0) is 24.1. The summed E-state index contributed by atoms with van der Waals surface area (Å²) in [5, 5.41) is 7.02. The van der Waals surface area contributed by atoms with E-state index in [-0.39, 0.29) is 12.7 Å². The third-order valence-electron chi connectivity index (χ3n) is 4.74. The van der Waals surface area contributed by atoms with Crippen LogP contribution in [-0.4, -0.2) is 51.0 Å². The summed E-state index contributed by atoms with van der Waals surface area (Å²) >= 11 is 0. The molecule has 1 N–H and O–H groups in total. The molecule has 0 aliphatic rings. The summed E-state index contributed by atoms with van der Waals surface area (Å²) in [5.74, 6) is 0.510. The zero-order valence-electron chi connectivity index (χ0n) is 20.4. The van der Waals surface area contributed by atoms with Crippen LogP contribution in [-0.2, 0) is 23.1 Å². The van der Waals surface area contributed by atoms with Crippen molar-refractivity contribution in [2.45, 2.75) is 60.2 Å². The number of nitrogens with one attached hydrogen (secondary N) is 1. The van der Waals surface area contributed by atoms with Gasteiger partial charge < -0.3 is 14.4 Å². The van der Waals surface area contributed by atoms with Gasteiger partial charge in [-0.2, -0.15) is 5.10 Å². The van der Waals surface area contributed by atoms with Crippen molar-refractivity contribution in [3.8, 4) is 11.3 Å². The molecule has 0 saturated heterocycles. The summed E-state index contributed by atoms with van der Waals surface area (Å²) in [6, 6.07) is 3.56. The van der Waals surface area contributed by atoms with Crippen LogP contribution in [0.25, 0.3) is 11.3 Å². The Morgan fingerprint density at radius 1 is 1.25 bits per heavy atom. The fourth-order valence-electron chi connectivity index (χ4n) is 2.89. The number of aromatic nitrogens is 3. The van der Waals surface area contributed by atoms with E-state index in [1.165, 1.54) is 0 Å². The second-order valence-corrected chi connectivity index (χ2v) is 9.24. The molecule has 0 spiro atoms. The van der Waals surface area contributed by atoms with E-state index < -0.39 is 11.7 Å². The molecule has 0 bridgehead atoms. The second-order valence-electron chi connectivity index (χ2n) is 9.24. The highest BCUT2D eigenvalue weighted by Crippen LogP contribution is 2.25. The Labute approximate surface area is 190 Å². The van der Waals surface area contributed by atoms with E-state index in [4.69, 9.17) is 9.47 Å². The average molecular weight is 446 g/mol. The van der Waals surface area contributed by atoms with Crippen LogP contribution in [0, 0.1) is 12.8 Å². The molecule has 2 aromatic heterocycles. The minimum Gasteiger partial charge on any atom is -0.444 e. The van der Waals surface area contributed by atoms with Crippen LogP contribution in [0.2, 0.25) is 0 Å². The first kappa shape index (κ1) is 25.2. The van der Waals surface area contributed by atoms with Gasteiger partial charge in [0, 0.05) is 26.2 Å². The van der Waals surface area contributed by atoms with Crippen molar-refractivity contribution >= 4 is 17.9 Å². The SMILES string of the molecule is Cc1nc(-c2cnn(C)c2COC(=O)N(C)CCC(C)C)ccc1NC(=O)OC(C)(C)C. The normalized spacial score (nSPS) is 11.4. The number of amides is 2. The van der Waals surface area contributed by atoms with Crippen LogP contribution in [0.3, 0.4) is 0 Å². The Balaban J connectivity index is 2.11. The molecule has 176 valence electrons. The Morgan fingerprint density at radius 3 is 2.53 bits per heavy atom. The van der Waals surface area contributed by atoms with Crippen molar-refractivity contribution in [2.75, 3.05) is 18.9 Å².